The zero-order valence-electron chi connectivity index (χ0n) is 17.3. The number of fused-ring (bicyclic) bond motifs is 1. The number of carbonyl (C=O) groups excluding carboxylic acids is 2. The number of nitrogens with two attached hydrogens (primary N) is 1. The lowest BCUT2D eigenvalue weighted by Gasteiger charge is -2.28. The molecule has 1 fully saturated rings. The van der Waals surface area contributed by atoms with Crippen LogP contribution in [0.2, 0.25) is 0 Å². The maximum Gasteiger partial charge on any atom is 0.367 e. The van der Waals surface area contributed by atoms with E-state index < -0.39 is 47.4 Å². The van der Waals surface area contributed by atoms with Crippen LogP contribution in [-0.4, -0.2) is 61.5 Å². The molecular formula is C19H21N5O7S. The van der Waals surface area contributed by atoms with Gasteiger partial charge in [0.1, 0.15) is 30.6 Å². The van der Waals surface area contributed by atoms with E-state index in [0.717, 1.165) is 18.7 Å². The van der Waals surface area contributed by atoms with Gasteiger partial charge in [0.05, 0.1) is 12.1 Å². The smallest absolute Gasteiger partial charge is 0.367 e. The largest absolute Gasteiger partial charge is 0.481 e. The van der Waals surface area contributed by atoms with E-state index >= 15 is 0 Å². The van der Waals surface area contributed by atoms with Gasteiger partial charge in [0.2, 0.25) is 5.60 Å². The fourth-order valence-electron chi connectivity index (χ4n) is 3.73. The SMILES string of the molecule is CCSC(=O)OC[C@@H]1O[C@@](C#N)(c2ccc3c(N)ncnn23)[C@H](OC(C)=O)[C@@H]1CC(=O)O. The zero-order valence-corrected chi connectivity index (χ0v) is 18.1. The molecule has 0 saturated carbocycles. The van der Waals surface area contributed by atoms with E-state index in [9.17, 15) is 24.8 Å². The number of nitriles is 1. The summed E-state index contributed by atoms with van der Waals surface area (Å²) in [6.07, 6.45) is -1.67. The number of nitrogens with zero attached hydrogens (tertiary/aromatic N) is 4. The van der Waals surface area contributed by atoms with E-state index in [4.69, 9.17) is 19.9 Å². The standard InChI is InChI=1S/C19H21N5O7S/c1-3-32-18(28)29-7-13-11(6-15(26)27)16(30-10(2)25)19(8-20,31-13)14-5-4-12-17(21)22-9-23-24(12)14/h4-5,9,11,13,16H,3,6-7H2,1-2H3,(H,26,27)(H2,21,22,23)/t11-,13+,16-,19+/m1/s1. The van der Waals surface area contributed by atoms with E-state index in [1.54, 1.807) is 13.0 Å². The van der Waals surface area contributed by atoms with Crippen molar-refractivity contribution in [3.63, 3.8) is 0 Å². The monoisotopic (exact) mass is 463 g/mol. The van der Waals surface area contributed by atoms with E-state index in [1.165, 1.54) is 16.9 Å². The van der Waals surface area contributed by atoms with Crippen LogP contribution in [0.3, 0.4) is 0 Å². The number of esters is 1. The van der Waals surface area contributed by atoms with Crippen LogP contribution in [-0.2, 0) is 29.4 Å². The number of hydrogen-bond acceptors (Lipinski definition) is 11. The van der Waals surface area contributed by atoms with Gasteiger partial charge in [-0.15, -0.1) is 0 Å². The molecule has 4 atom stereocenters. The number of rotatable bonds is 7. The zero-order chi connectivity index (χ0) is 23.5. The fourth-order valence-corrected chi connectivity index (χ4v) is 4.12. The highest BCUT2D eigenvalue weighted by atomic mass is 32.2. The van der Waals surface area contributed by atoms with Gasteiger partial charge in [-0.05, 0) is 23.9 Å². The Morgan fingerprint density at radius 2 is 2.19 bits per heavy atom. The Hall–Kier alpha value is -3.37. The lowest BCUT2D eigenvalue weighted by molar-refractivity contribution is -0.157. The van der Waals surface area contributed by atoms with Gasteiger partial charge in [-0.25, -0.2) is 14.3 Å². The third-order valence-corrected chi connectivity index (χ3v) is 5.61. The van der Waals surface area contributed by atoms with Crippen molar-refractivity contribution >= 4 is 40.3 Å². The second kappa shape index (κ2) is 9.41. The van der Waals surface area contributed by atoms with Crippen LogP contribution in [0.5, 0.6) is 0 Å². The highest BCUT2D eigenvalue weighted by Crippen LogP contribution is 2.46. The van der Waals surface area contributed by atoms with Crippen molar-refractivity contribution in [2.45, 2.75) is 38.1 Å². The molecule has 170 valence electrons. The van der Waals surface area contributed by atoms with Gasteiger partial charge in [-0.2, -0.15) is 10.4 Å². The number of ether oxygens (including phenoxy) is 3. The highest BCUT2D eigenvalue weighted by Gasteiger charge is 2.61. The molecule has 1 saturated heterocycles. The van der Waals surface area contributed by atoms with Crippen LogP contribution in [0, 0.1) is 17.2 Å². The van der Waals surface area contributed by atoms with Crippen molar-refractivity contribution in [1.29, 1.82) is 5.26 Å². The first-order valence-corrected chi connectivity index (χ1v) is 10.6. The predicted molar refractivity (Wildman–Crippen MR) is 110 cm³/mol. The number of carboxylic acid groups (broad SMARTS) is 1. The molecule has 0 spiro atoms. The summed E-state index contributed by atoms with van der Waals surface area (Å²) in [5.41, 5.74) is 4.49. The van der Waals surface area contributed by atoms with Gasteiger partial charge >= 0.3 is 17.2 Å². The molecule has 1 aliphatic rings. The minimum atomic E-state index is -1.94. The molecule has 2 aromatic rings. The summed E-state index contributed by atoms with van der Waals surface area (Å²) >= 11 is 0.930. The van der Waals surface area contributed by atoms with E-state index in [2.05, 4.69) is 10.1 Å². The van der Waals surface area contributed by atoms with Crippen molar-refractivity contribution < 1.29 is 33.7 Å². The number of aromatic nitrogens is 3. The molecule has 0 radical (unpaired) electrons. The molecule has 0 aromatic carbocycles. The molecular weight excluding hydrogens is 442 g/mol. The molecule has 3 heterocycles. The summed E-state index contributed by atoms with van der Waals surface area (Å²) in [6.45, 7) is 2.58. The summed E-state index contributed by atoms with van der Waals surface area (Å²) in [6, 6.07) is 5.11. The lowest BCUT2D eigenvalue weighted by atomic mass is 9.84. The normalized spacial score (nSPS) is 24.7. The first-order valence-electron chi connectivity index (χ1n) is 9.59. The predicted octanol–water partition coefficient (Wildman–Crippen LogP) is 1.34. The summed E-state index contributed by atoms with van der Waals surface area (Å²) < 4.78 is 18.0. The molecule has 32 heavy (non-hydrogen) atoms. The summed E-state index contributed by atoms with van der Waals surface area (Å²) in [5, 5.41) is 23.2. The maximum atomic E-state index is 11.9. The Bertz CT molecular complexity index is 1080. The van der Waals surface area contributed by atoms with Gasteiger partial charge in [0, 0.05) is 18.6 Å². The van der Waals surface area contributed by atoms with Crippen LogP contribution in [0.15, 0.2) is 18.5 Å². The number of anilines is 1. The Labute approximate surface area is 186 Å². The first-order chi connectivity index (χ1) is 15.2. The lowest BCUT2D eigenvalue weighted by Crippen LogP contribution is -2.42. The van der Waals surface area contributed by atoms with Gasteiger partial charge in [0.15, 0.2) is 11.9 Å². The Morgan fingerprint density at radius 3 is 2.81 bits per heavy atom. The molecule has 2 aromatic heterocycles. The van der Waals surface area contributed by atoms with Crippen LogP contribution in [0.1, 0.15) is 26.0 Å². The van der Waals surface area contributed by atoms with Crippen molar-refractivity contribution in [1.82, 2.24) is 14.6 Å². The van der Waals surface area contributed by atoms with Crippen LogP contribution in [0.4, 0.5) is 10.6 Å². The number of carbonyl (C=O) groups is 3. The van der Waals surface area contributed by atoms with Crippen molar-refractivity contribution in [3.05, 3.63) is 24.2 Å². The molecule has 0 unspecified atom stereocenters. The maximum absolute atomic E-state index is 11.9. The van der Waals surface area contributed by atoms with E-state index in [1.807, 2.05) is 6.07 Å². The summed E-state index contributed by atoms with van der Waals surface area (Å²) in [5.74, 6) is -2.29. The number of carboxylic acids is 1. The summed E-state index contributed by atoms with van der Waals surface area (Å²) in [4.78, 5) is 39.2. The number of hydrogen-bond donors (Lipinski definition) is 2. The third kappa shape index (κ3) is 4.32. The number of thioether (sulfide) groups is 1. The summed E-state index contributed by atoms with van der Waals surface area (Å²) in [7, 11) is 0. The fraction of sp³-hybridized carbons (Fsp3) is 0.474. The second-order valence-corrected chi connectivity index (χ2v) is 8.15. The molecule has 3 N–H and O–H groups in total. The van der Waals surface area contributed by atoms with Crippen LogP contribution < -0.4 is 5.73 Å². The van der Waals surface area contributed by atoms with Crippen LogP contribution >= 0.6 is 11.8 Å². The number of nitrogen functional groups attached to an aromatic ring is 1. The van der Waals surface area contributed by atoms with Crippen molar-refractivity contribution in [2.24, 2.45) is 5.92 Å². The Morgan fingerprint density at radius 1 is 1.44 bits per heavy atom. The highest BCUT2D eigenvalue weighted by molar-refractivity contribution is 8.13. The first kappa shape index (κ1) is 23.3. The topological polar surface area (TPSA) is 179 Å². The average molecular weight is 463 g/mol. The molecule has 0 bridgehead atoms. The van der Waals surface area contributed by atoms with E-state index in [-0.39, 0.29) is 18.1 Å². The Balaban J connectivity index is 2.10. The minimum absolute atomic E-state index is 0.144. The third-order valence-electron chi connectivity index (χ3n) is 4.96. The molecule has 0 amide bonds. The van der Waals surface area contributed by atoms with Gasteiger partial charge in [0.25, 0.3) is 0 Å². The van der Waals surface area contributed by atoms with Gasteiger partial charge < -0.3 is 25.1 Å². The average Bonchev–Trinajstić information content (AvgIpc) is 3.28. The number of aliphatic carboxylic acids is 1. The Kier molecular flexibility index (Phi) is 6.85. The molecule has 12 nitrogen and oxygen atoms in total. The minimum Gasteiger partial charge on any atom is -0.481 e. The van der Waals surface area contributed by atoms with Gasteiger partial charge in [-0.1, -0.05) is 6.92 Å². The van der Waals surface area contributed by atoms with Crippen molar-refractivity contribution in [3.8, 4) is 6.07 Å². The quantitative estimate of drug-likeness (QED) is 0.563. The van der Waals surface area contributed by atoms with Crippen molar-refractivity contribution in [2.75, 3.05) is 18.1 Å². The molecule has 1 aliphatic heterocycles. The molecule has 0 aliphatic carbocycles. The molecule has 3 rings (SSSR count). The van der Waals surface area contributed by atoms with E-state index in [0.29, 0.717) is 11.3 Å². The second-order valence-electron chi connectivity index (χ2n) is 6.95. The molecule has 13 heteroatoms. The van der Waals surface area contributed by atoms with Crippen LogP contribution in [0.25, 0.3) is 5.52 Å². The van der Waals surface area contributed by atoms with Gasteiger partial charge in [-0.3, -0.25) is 9.59 Å².